The monoisotopic (exact) mass is 352 g/mol. The summed E-state index contributed by atoms with van der Waals surface area (Å²) in [7, 11) is 0. The highest BCUT2D eigenvalue weighted by Crippen LogP contribution is 2.19. The van der Waals surface area contributed by atoms with E-state index in [0.717, 1.165) is 44.8 Å². The van der Waals surface area contributed by atoms with Crippen LogP contribution < -0.4 is 10.6 Å². The van der Waals surface area contributed by atoms with Gasteiger partial charge in [0.2, 0.25) is 0 Å². The lowest BCUT2D eigenvalue weighted by atomic mass is 10.1. The van der Waals surface area contributed by atoms with Crippen molar-refractivity contribution in [2.24, 2.45) is 5.92 Å². The van der Waals surface area contributed by atoms with Gasteiger partial charge in [-0.05, 0) is 37.1 Å². The summed E-state index contributed by atoms with van der Waals surface area (Å²) in [5, 5.41) is 6.43. The summed E-state index contributed by atoms with van der Waals surface area (Å²) >= 11 is 6.07. The zero-order valence-corrected chi connectivity index (χ0v) is 15.7. The number of piperazine rings is 1. The smallest absolute Gasteiger partial charge is 0.319 e. The van der Waals surface area contributed by atoms with Crippen LogP contribution in [-0.2, 0) is 0 Å². The number of amides is 2. The Hall–Kier alpha value is -1.30. The second-order valence-corrected chi connectivity index (χ2v) is 7.05. The van der Waals surface area contributed by atoms with Crippen LogP contribution in [0, 0.1) is 12.8 Å². The van der Waals surface area contributed by atoms with Crippen LogP contribution >= 0.6 is 11.6 Å². The van der Waals surface area contributed by atoms with Gasteiger partial charge in [-0.1, -0.05) is 31.5 Å². The Morgan fingerprint density at radius 1 is 1.25 bits per heavy atom. The predicted octanol–water partition coefficient (Wildman–Crippen LogP) is 3.04. The molecule has 0 radical (unpaired) electrons. The Morgan fingerprint density at radius 2 is 1.92 bits per heavy atom. The second kappa shape index (κ2) is 9.25. The molecule has 1 saturated heterocycles. The lowest BCUT2D eigenvalue weighted by Crippen LogP contribution is -2.48. The van der Waals surface area contributed by atoms with Crippen LogP contribution in [0.15, 0.2) is 18.2 Å². The number of hydrogen-bond acceptors (Lipinski definition) is 3. The van der Waals surface area contributed by atoms with Gasteiger partial charge in [0.05, 0.1) is 0 Å². The molecule has 0 bridgehead atoms. The number of carbonyl (C=O) groups is 1. The number of hydrogen-bond donors (Lipinski definition) is 2. The molecule has 0 spiro atoms. The normalized spacial score (nSPS) is 17.5. The molecule has 1 aromatic carbocycles. The van der Waals surface area contributed by atoms with Gasteiger partial charge in [0.1, 0.15) is 0 Å². The zero-order chi connectivity index (χ0) is 17.5. The van der Waals surface area contributed by atoms with Crippen LogP contribution in [0.3, 0.4) is 0 Å². The Bertz CT molecular complexity index is 544. The van der Waals surface area contributed by atoms with Gasteiger partial charge in [-0.3, -0.25) is 0 Å². The van der Waals surface area contributed by atoms with Gasteiger partial charge in [0.15, 0.2) is 0 Å². The number of aryl methyl sites for hydroxylation is 1. The molecule has 1 atom stereocenters. The summed E-state index contributed by atoms with van der Waals surface area (Å²) < 4.78 is 0. The fourth-order valence-corrected chi connectivity index (χ4v) is 3.09. The summed E-state index contributed by atoms with van der Waals surface area (Å²) in [6, 6.07) is 5.35. The third-order valence-electron chi connectivity index (χ3n) is 4.52. The van der Waals surface area contributed by atoms with E-state index in [9.17, 15) is 4.79 Å². The van der Waals surface area contributed by atoms with Crippen molar-refractivity contribution in [2.45, 2.75) is 20.8 Å². The first-order valence-corrected chi connectivity index (χ1v) is 9.11. The molecular formula is C18H29ClN4O. The van der Waals surface area contributed by atoms with Crippen LogP contribution in [0.25, 0.3) is 0 Å². The number of benzene rings is 1. The average molecular weight is 353 g/mol. The first-order chi connectivity index (χ1) is 11.5. The molecule has 1 heterocycles. The summed E-state index contributed by atoms with van der Waals surface area (Å²) in [6.45, 7) is 13.7. The van der Waals surface area contributed by atoms with Crippen molar-refractivity contribution in [1.29, 1.82) is 0 Å². The molecule has 1 aliphatic rings. The topological polar surface area (TPSA) is 47.6 Å². The Labute approximate surface area is 150 Å². The third kappa shape index (κ3) is 5.96. The first kappa shape index (κ1) is 19.0. The van der Waals surface area contributed by atoms with E-state index in [2.05, 4.69) is 34.3 Å². The van der Waals surface area contributed by atoms with E-state index in [-0.39, 0.29) is 6.03 Å². The van der Waals surface area contributed by atoms with E-state index in [4.69, 9.17) is 11.6 Å². The first-order valence-electron chi connectivity index (χ1n) is 8.73. The van der Waals surface area contributed by atoms with Gasteiger partial charge in [0.25, 0.3) is 0 Å². The van der Waals surface area contributed by atoms with Gasteiger partial charge in [0, 0.05) is 50.0 Å². The summed E-state index contributed by atoms with van der Waals surface area (Å²) in [4.78, 5) is 17.0. The molecule has 1 fully saturated rings. The highest BCUT2D eigenvalue weighted by Gasteiger charge is 2.17. The molecular weight excluding hydrogens is 324 g/mol. The van der Waals surface area contributed by atoms with E-state index in [0.29, 0.717) is 23.2 Å². The molecule has 24 heavy (non-hydrogen) atoms. The minimum atomic E-state index is -0.183. The van der Waals surface area contributed by atoms with Crippen molar-refractivity contribution in [1.82, 2.24) is 15.1 Å². The minimum absolute atomic E-state index is 0.183. The molecule has 2 rings (SSSR count). The largest absolute Gasteiger partial charge is 0.338 e. The molecule has 0 saturated carbocycles. The fourth-order valence-electron chi connectivity index (χ4n) is 2.91. The summed E-state index contributed by atoms with van der Waals surface area (Å²) in [5.74, 6) is 0.422. The average Bonchev–Trinajstić information content (AvgIpc) is 2.57. The number of anilines is 1. The van der Waals surface area contributed by atoms with Gasteiger partial charge in [-0.15, -0.1) is 0 Å². The van der Waals surface area contributed by atoms with Gasteiger partial charge in [-0.2, -0.15) is 0 Å². The van der Waals surface area contributed by atoms with Gasteiger partial charge < -0.3 is 20.4 Å². The number of urea groups is 1. The van der Waals surface area contributed by atoms with E-state index in [1.807, 2.05) is 19.1 Å². The molecule has 5 nitrogen and oxygen atoms in total. The fraction of sp³-hybridized carbons (Fsp3) is 0.611. The van der Waals surface area contributed by atoms with Crippen molar-refractivity contribution in [3.63, 3.8) is 0 Å². The van der Waals surface area contributed by atoms with Crippen LogP contribution in [0.1, 0.15) is 19.4 Å². The Balaban J connectivity index is 1.68. The van der Waals surface area contributed by atoms with E-state index < -0.39 is 0 Å². The quantitative estimate of drug-likeness (QED) is 0.827. The molecule has 2 amide bonds. The van der Waals surface area contributed by atoms with Crippen molar-refractivity contribution in [3.05, 3.63) is 28.8 Å². The summed E-state index contributed by atoms with van der Waals surface area (Å²) in [6.07, 6.45) is 0. The number of rotatable bonds is 6. The van der Waals surface area contributed by atoms with E-state index in [1.54, 1.807) is 6.07 Å². The lowest BCUT2D eigenvalue weighted by Gasteiger charge is -2.35. The van der Waals surface area contributed by atoms with E-state index in [1.165, 1.54) is 0 Å². The minimum Gasteiger partial charge on any atom is -0.338 e. The number of nitrogens with one attached hydrogen (secondary N) is 2. The predicted molar refractivity (Wildman–Crippen MR) is 101 cm³/mol. The van der Waals surface area contributed by atoms with Gasteiger partial charge in [-0.25, -0.2) is 4.79 Å². The van der Waals surface area contributed by atoms with Crippen molar-refractivity contribution < 1.29 is 4.79 Å². The van der Waals surface area contributed by atoms with Crippen molar-refractivity contribution in [2.75, 3.05) is 51.1 Å². The highest BCUT2D eigenvalue weighted by atomic mass is 35.5. The maximum absolute atomic E-state index is 12.0. The highest BCUT2D eigenvalue weighted by molar-refractivity contribution is 6.31. The third-order valence-corrected chi connectivity index (χ3v) is 4.93. The standard InChI is InChI=1S/C18H29ClN4O/c1-4-22-7-9-23(10-8-22)13-14(2)12-20-18(24)21-16-6-5-15(3)17(19)11-16/h5-6,11,14H,4,7-10,12-13H2,1-3H3,(H2,20,21,24). The summed E-state index contributed by atoms with van der Waals surface area (Å²) in [5.41, 5.74) is 1.71. The SMILES string of the molecule is CCN1CCN(CC(C)CNC(=O)Nc2ccc(C)c(Cl)c2)CC1. The van der Waals surface area contributed by atoms with Crippen LogP contribution in [0.5, 0.6) is 0 Å². The molecule has 1 unspecified atom stereocenters. The van der Waals surface area contributed by atoms with Gasteiger partial charge >= 0.3 is 6.03 Å². The van der Waals surface area contributed by atoms with Crippen LogP contribution in [0.2, 0.25) is 5.02 Å². The Morgan fingerprint density at radius 3 is 2.54 bits per heavy atom. The number of carbonyl (C=O) groups excluding carboxylic acids is 1. The van der Waals surface area contributed by atoms with Crippen molar-refractivity contribution in [3.8, 4) is 0 Å². The van der Waals surface area contributed by atoms with Crippen molar-refractivity contribution >= 4 is 23.3 Å². The van der Waals surface area contributed by atoms with Crippen LogP contribution in [0.4, 0.5) is 10.5 Å². The number of halogens is 1. The molecule has 1 aliphatic heterocycles. The molecule has 0 aliphatic carbocycles. The van der Waals surface area contributed by atoms with Crippen LogP contribution in [-0.4, -0.2) is 61.6 Å². The Kier molecular flexibility index (Phi) is 7.34. The lowest BCUT2D eigenvalue weighted by molar-refractivity contribution is 0.124. The zero-order valence-electron chi connectivity index (χ0n) is 14.9. The molecule has 1 aromatic rings. The molecule has 6 heteroatoms. The number of nitrogens with zero attached hydrogens (tertiary/aromatic N) is 2. The maximum atomic E-state index is 12.0. The number of likely N-dealkylation sites (N-methyl/N-ethyl adjacent to an activating group) is 1. The molecule has 0 aromatic heterocycles. The maximum Gasteiger partial charge on any atom is 0.319 e. The van der Waals surface area contributed by atoms with E-state index >= 15 is 0 Å². The molecule has 134 valence electrons. The second-order valence-electron chi connectivity index (χ2n) is 6.64. The molecule has 2 N–H and O–H groups in total.